The number of halogens is 1. The van der Waals surface area contributed by atoms with E-state index >= 15 is 0 Å². The molecule has 5 aromatic rings. The summed E-state index contributed by atoms with van der Waals surface area (Å²) >= 11 is 7.77. The van der Waals surface area contributed by atoms with E-state index in [2.05, 4.69) is 27.2 Å². The van der Waals surface area contributed by atoms with Crippen molar-refractivity contribution in [1.82, 2.24) is 15.0 Å². The summed E-state index contributed by atoms with van der Waals surface area (Å²) in [6.07, 6.45) is 1.64. The standard InChI is InChI=1S/C29H23ClN4OS/c30-25-11-5-4-10-24(25)19-34-27-13-7-6-12-26(27)32-29(34)36-20-28(35)33-31-18-21-14-16-23(17-15-21)22-8-2-1-3-9-22/h1-18H,19-20H2,(H,33,35)/b31-18-. The zero-order valence-corrected chi connectivity index (χ0v) is 20.9. The highest BCUT2D eigenvalue weighted by molar-refractivity contribution is 7.99. The Balaban J connectivity index is 1.22. The lowest BCUT2D eigenvalue weighted by Gasteiger charge is -2.10. The van der Waals surface area contributed by atoms with Crippen LogP contribution in [0.3, 0.4) is 0 Å². The van der Waals surface area contributed by atoms with E-state index in [0.717, 1.165) is 38.4 Å². The molecular formula is C29H23ClN4OS. The number of para-hydroxylation sites is 2. The van der Waals surface area contributed by atoms with Crippen LogP contribution in [-0.4, -0.2) is 27.4 Å². The summed E-state index contributed by atoms with van der Waals surface area (Å²) in [5.41, 5.74) is 8.68. The van der Waals surface area contributed by atoms with Gasteiger partial charge in [-0.3, -0.25) is 4.79 Å². The number of thioether (sulfide) groups is 1. The highest BCUT2D eigenvalue weighted by Gasteiger charge is 2.14. The number of aromatic nitrogens is 2. The summed E-state index contributed by atoms with van der Waals surface area (Å²) < 4.78 is 2.09. The van der Waals surface area contributed by atoms with E-state index in [1.54, 1.807) is 6.21 Å². The Hall–Kier alpha value is -3.87. The summed E-state index contributed by atoms with van der Waals surface area (Å²) in [5.74, 6) is -0.00985. The first-order chi connectivity index (χ1) is 17.7. The summed E-state index contributed by atoms with van der Waals surface area (Å²) in [6.45, 7) is 0.571. The van der Waals surface area contributed by atoms with Gasteiger partial charge >= 0.3 is 0 Å². The Morgan fingerprint density at radius 2 is 1.58 bits per heavy atom. The molecule has 5 nitrogen and oxygen atoms in total. The number of benzene rings is 4. The average Bonchev–Trinajstić information content (AvgIpc) is 3.27. The molecule has 0 aliphatic carbocycles. The number of imidazole rings is 1. The van der Waals surface area contributed by atoms with Gasteiger partial charge in [0.25, 0.3) is 5.91 Å². The second kappa shape index (κ2) is 11.2. The van der Waals surface area contributed by atoms with Crippen LogP contribution in [0.5, 0.6) is 0 Å². The van der Waals surface area contributed by atoms with Crippen molar-refractivity contribution in [2.24, 2.45) is 5.10 Å². The Kier molecular flexibility index (Phi) is 7.45. The summed E-state index contributed by atoms with van der Waals surface area (Å²) in [5, 5.41) is 5.58. The first-order valence-electron chi connectivity index (χ1n) is 11.5. The van der Waals surface area contributed by atoms with Gasteiger partial charge in [0.05, 0.1) is 29.5 Å². The number of hydrazone groups is 1. The zero-order valence-electron chi connectivity index (χ0n) is 19.3. The van der Waals surface area contributed by atoms with E-state index in [0.29, 0.717) is 11.6 Å². The maximum Gasteiger partial charge on any atom is 0.250 e. The topological polar surface area (TPSA) is 59.3 Å². The molecule has 0 spiro atoms. The number of hydrogen-bond donors (Lipinski definition) is 1. The van der Waals surface area contributed by atoms with E-state index in [-0.39, 0.29) is 11.7 Å². The molecule has 178 valence electrons. The average molecular weight is 511 g/mol. The van der Waals surface area contributed by atoms with Crippen molar-refractivity contribution in [2.75, 3.05) is 5.75 Å². The van der Waals surface area contributed by atoms with Crippen molar-refractivity contribution in [1.29, 1.82) is 0 Å². The number of nitrogens with one attached hydrogen (secondary N) is 1. The van der Waals surface area contributed by atoms with Crippen LogP contribution in [-0.2, 0) is 11.3 Å². The molecule has 1 aromatic heterocycles. The minimum Gasteiger partial charge on any atom is -0.314 e. The quantitative estimate of drug-likeness (QED) is 0.144. The molecule has 1 heterocycles. The van der Waals surface area contributed by atoms with Crippen molar-refractivity contribution in [3.05, 3.63) is 119 Å². The van der Waals surface area contributed by atoms with Crippen LogP contribution in [0, 0.1) is 0 Å². The van der Waals surface area contributed by atoms with Crippen LogP contribution < -0.4 is 5.43 Å². The van der Waals surface area contributed by atoms with Gasteiger partial charge in [-0.1, -0.05) is 108 Å². The molecule has 0 saturated heterocycles. The number of amides is 1. The van der Waals surface area contributed by atoms with Gasteiger partial charge in [0.2, 0.25) is 0 Å². The van der Waals surface area contributed by atoms with E-state index in [4.69, 9.17) is 16.6 Å². The molecule has 1 N–H and O–H groups in total. The van der Waals surface area contributed by atoms with Gasteiger partial charge in [-0.2, -0.15) is 5.10 Å². The molecule has 0 unspecified atom stereocenters. The van der Waals surface area contributed by atoms with Crippen molar-refractivity contribution in [3.63, 3.8) is 0 Å². The lowest BCUT2D eigenvalue weighted by atomic mass is 10.0. The predicted molar refractivity (Wildman–Crippen MR) is 149 cm³/mol. The first-order valence-corrected chi connectivity index (χ1v) is 12.8. The molecule has 4 aromatic carbocycles. The van der Waals surface area contributed by atoms with Crippen molar-refractivity contribution in [3.8, 4) is 11.1 Å². The molecular weight excluding hydrogens is 488 g/mol. The van der Waals surface area contributed by atoms with Gasteiger partial charge in [-0.15, -0.1) is 0 Å². The van der Waals surface area contributed by atoms with E-state index < -0.39 is 0 Å². The minimum atomic E-state index is -0.200. The van der Waals surface area contributed by atoms with E-state index in [9.17, 15) is 4.79 Å². The largest absolute Gasteiger partial charge is 0.314 e. The number of rotatable bonds is 8. The van der Waals surface area contributed by atoms with Crippen LogP contribution >= 0.6 is 23.4 Å². The second-order valence-electron chi connectivity index (χ2n) is 8.13. The normalized spacial score (nSPS) is 11.2. The van der Waals surface area contributed by atoms with Crippen molar-refractivity contribution < 1.29 is 4.79 Å². The highest BCUT2D eigenvalue weighted by Crippen LogP contribution is 2.27. The first kappa shape index (κ1) is 23.9. The second-order valence-corrected chi connectivity index (χ2v) is 9.48. The fourth-order valence-corrected chi connectivity index (χ4v) is 4.85. The zero-order chi connectivity index (χ0) is 24.7. The Labute approximate surface area is 218 Å². The van der Waals surface area contributed by atoms with Gasteiger partial charge in [0.1, 0.15) is 0 Å². The maximum atomic E-state index is 12.5. The van der Waals surface area contributed by atoms with Gasteiger partial charge < -0.3 is 4.57 Å². The Morgan fingerprint density at radius 3 is 2.39 bits per heavy atom. The number of fused-ring (bicyclic) bond motifs is 1. The van der Waals surface area contributed by atoms with Crippen molar-refractivity contribution in [2.45, 2.75) is 11.7 Å². The van der Waals surface area contributed by atoms with Gasteiger partial charge in [-0.05, 0) is 40.5 Å². The molecule has 0 atom stereocenters. The molecule has 5 rings (SSSR count). The molecule has 0 bridgehead atoms. The smallest absolute Gasteiger partial charge is 0.250 e. The molecule has 36 heavy (non-hydrogen) atoms. The van der Waals surface area contributed by atoms with Crippen molar-refractivity contribution >= 4 is 46.5 Å². The van der Waals surface area contributed by atoms with Crippen LogP contribution in [0.15, 0.2) is 113 Å². The molecule has 1 amide bonds. The van der Waals surface area contributed by atoms with Gasteiger partial charge in [0, 0.05) is 5.02 Å². The highest BCUT2D eigenvalue weighted by atomic mass is 35.5. The van der Waals surface area contributed by atoms with E-state index in [1.165, 1.54) is 11.8 Å². The van der Waals surface area contributed by atoms with Crippen LogP contribution in [0.4, 0.5) is 0 Å². The third kappa shape index (κ3) is 5.67. The minimum absolute atomic E-state index is 0.191. The third-order valence-electron chi connectivity index (χ3n) is 5.66. The molecule has 0 saturated carbocycles. The number of carbonyl (C=O) groups excluding carboxylic acids is 1. The number of nitrogens with zero attached hydrogens (tertiary/aromatic N) is 3. The fraction of sp³-hybridized carbons (Fsp3) is 0.0690. The fourth-order valence-electron chi connectivity index (χ4n) is 3.85. The Morgan fingerprint density at radius 1 is 0.889 bits per heavy atom. The maximum absolute atomic E-state index is 12.5. The number of carbonyl (C=O) groups is 1. The van der Waals surface area contributed by atoms with E-state index in [1.807, 2.05) is 91.0 Å². The lowest BCUT2D eigenvalue weighted by Crippen LogP contribution is -2.20. The monoisotopic (exact) mass is 510 g/mol. The SMILES string of the molecule is O=C(CSc1nc2ccccc2n1Cc1ccccc1Cl)N/N=C\c1ccc(-c2ccccc2)cc1. The Bertz CT molecular complexity index is 1510. The van der Waals surface area contributed by atoms with Gasteiger partial charge in [0.15, 0.2) is 5.16 Å². The molecule has 7 heteroatoms. The van der Waals surface area contributed by atoms with Crippen LogP contribution in [0.2, 0.25) is 5.02 Å². The summed E-state index contributed by atoms with van der Waals surface area (Å²) in [7, 11) is 0. The summed E-state index contributed by atoms with van der Waals surface area (Å²) in [6, 6.07) is 33.9. The summed E-state index contributed by atoms with van der Waals surface area (Å²) in [4.78, 5) is 17.2. The molecule has 0 radical (unpaired) electrons. The predicted octanol–water partition coefficient (Wildman–Crippen LogP) is 6.65. The molecule has 0 aliphatic rings. The van der Waals surface area contributed by atoms with Crippen LogP contribution in [0.1, 0.15) is 11.1 Å². The van der Waals surface area contributed by atoms with Crippen LogP contribution in [0.25, 0.3) is 22.2 Å². The molecule has 0 aliphatic heterocycles. The lowest BCUT2D eigenvalue weighted by molar-refractivity contribution is -0.118. The third-order valence-corrected chi connectivity index (χ3v) is 7.00. The molecule has 0 fully saturated rings. The van der Waals surface area contributed by atoms with Gasteiger partial charge in [-0.25, -0.2) is 10.4 Å². The number of hydrogen-bond acceptors (Lipinski definition) is 4.